The van der Waals surface area contributed by atoms with Gasteiger partial charge in [-0.05, 0) is 31.2 Å². The Balaban J connectivity index is 2.00. The van der Waals surface area contributed by atoms with E-state index in [9.17, 15) is 20.0 Å². The fraction of sp³-hybridized carbons (Fsp3) is 0.0588. The number of non-ortho nitro benzene ring substituents is 1. The molecule has 0 bridgehead atoms. The van der Waals surface area contributed by atoms with Crippen molar-refractivity contribution in [3.8, 4) is 5.75 Å². The number of benzene rings is 2. The van der Waals surface area contributed by atoms with Crippen LogP contribution in [-0.4, -0.2) is 15.7 Å². The predicted molar refractivity (Wildman–Crippen MR) is 101 cm³/mol. The van der Waals surface area contributed by atoms with Crippen molar-refractivity contribution < 1.29 is 14.4 Å². The molecule has 3 aromatic rings. The summed E-state index contributed by atoms with van der Waals surface area (Å²) in [6.07, 6.45) is 0. The second-order valence-corrected chi connectivity index (χ2v) is 6.29. The van der Waals surface area contributed by atoms with Crippen molar-refractivity contribution >= 4 is 44.0 Å². The maximum Gasteiger partial charge on any atom is 0.349 e. The first kappa shape index (κ1) is 17.6. The molecule has 1 aromatic heterocycles. The third-order valence-corrected chi connectivity index (χ3v) is 4.11. The summed E-state index contributed by atoms with van der Waals surface area (Å²) in [5, 5.41) is 25.7. The first-order valence-electron chi connectivity index (χ1n) is 7.37. The Kier molecular flexibility index (Phi) is 4.72. The summed E-state index contributed by atoms with van der Waals surface area (Å²) >= 11 is 3.30. The molecule has 0 atom stereocenters. The van der Waals surface area contributed by atoms with E-state index in [4.69, 9.17) is 4.42 Å². The summed E-state index contributed by atoms with van der Waals surface area (Å²) in [5.74, 6) is -0.250. The molecule has 2 N–H and O–H groups in total. The summed E-state index contributed by atoms with van der Waals surface area (Å²) in [5.41, 5.74) is 2.50. The largest absolute Gasteiger partial charge is 0.506 e. The summed E-state index contributed by atoms with van der Waals surface area (Å²) < 4.78 is 5.93. The van der Waals surface area contributed by atoms with Crippen molar-refractivity contribution in [1.29, 1.82) is 0 Å². The SMILES string of the molecule is C/C(=N\Nc1cccc([N+](=O)[O-])c1)c1c(O)c2cc(Br)ccc2oc1=O. The van der Waals surface area contributed by atoms with Crippen LogP contribution in [0.25, 0.3) is 11.0 Å². The molecular weight excluding hydrogens is 406 g/mol. The summed E-state index contributed by atoms with van der Waals surface area (Å²) in [6.45, 7) is 1.51. The topological polar surface area (TPSA) is 118 Å². The lowest BCUT2D eigenvalue weighted by Gasteiger charge is -2.07. The number of nitro groups is 1. The highest BCUT2D eigenvalue weighted by atomic mass is 79.9. The Hall–Kier alpha value is -3.20. The van der Waals surface area contributed by atoms with Crippen LogP contribution >= 0.6 is 15.9 Å². The molecule has 0 spiro atoms. The molecule has 1 heterocycles. The van der Waals surface area contributed by atoms with Gasteiger partial charge in [0.2, 0.25) is 0 Å². The molecule has 26 heavy (non-hydrogen) atoms. The molecular formula is C17H12BrN3O5. The van der Waals surface area contributed by atoms with Crippen LogP contribution in [0.4, 0.5) is 11.4 Å². The van der Waals surface area contributed by atoms with Crippen LogP contribution < -0.4 is 11.1 Å². The first-order valence-corrected chi connectivity index (χ1v) is 8.16. The Morgan fingerprint density at radius 3 is 2.81 bits per heavy atom. The van der Waals surface area contributed by atoms with Gasteiger partial charge in [-0.3, -0.25) is 15.5 Å². The number of rotatable bonds is 4. The van der Waals surface area contributed by atoms with Gasteiger partial charge in [0.05, 0.1) is 21.7 Å². The number of nitrogens with zero attached hydrogens (tertiary/aromatic N) is 2. The van der Waals surface area contributed by atoms with E-state index < -0.39 is 10.5 Å². The van der Waals surface area contributed by atoms with Crippen molar-refractivity contribution in [2.75, 3.05) is 5.43 Å². The van der Waals surface area contributed by atoms with E-state index >= 15 is 0 Å². The van der Waals surface area contributed by atoms with E-state index in [0.29, 0.717) is 15.5 Å². The average molecular weight is 418 g/mol. The molecule has 0 aliphatic carbocycles. The van der Waals surface area contributed by atoms with Crippen LogP contribution in [0, 0.1) is 10.1 Å². The molecule has 0 fully saturated rings. The standard InChI is InChI=1S/C17H12BrN3O5/c1-9(19-20-11-3-2-4-12(8-11)21(24)25)15-16(22)13-7-10(18)5-6-14(13)26-17(15)23/h2-8,20,22H,1H3/b19-9+. The minimum Gasteiger partial charge on any atom is -0.506 e. The van der Waals surface area contributed by atoms with E-state index in [2.05, 4.69) is 26.5 Å². The molecule has 0 radical (unpaired) electrons. The lowest BCUT2D eigenvalue weighted by molar-refractivity contribution is -0.384. The van der Waals surface area contributed by atoms with Crippen molar-refractivity contribution in [3.63, 3.8) is 0 Å². The van der Waals surface area contributed by atoms with Crippen LogP contribution in [0.3, 0.4) is 0 Å². The average Bonchev–Trinajstić information content (AvgIpc) is 2.61. The zero-order valence-corrected chi connectivity index (χ0v) is 15.0. The van der Waals surface area contributed by atoms with E-state index in [-0.39, 0.29) is 28.3 Å². The molecule has 9 heteroatoms. The molecule has 3 rings (SSSR count). The van der Waals surface area contributed by atoms with Crippen LogP contribution in [0.2, 0.25) is 0 Å². The summed E-state index contributed by atoms with van der Waals surface area (Å²) in [6, 6.07) is 10.6. The third kappa shape index (κ3) is 3.42. The van der Waals surface area contributed by atoms with E-state index in [1.54, 1.807) is 24.3 Å². The number of nitro benzene ring substituents is 1. The van der Waals surface area contributed by atoms with Gasteiger partial charge in [0.1, 0.15) is 16.9 Å². The zero-order valence-electron chi connectivity index (χ0n) is 13.4. The van der Waals surface area contributed by atoms with Gasteiger partial charge in [0.15, 0.2) is 0 Å². The smallest absolute Gasteiger partial charge is 0.349 e. The second kappa shape index (κ2) is 6.96. The van der Waals surface area contributed by atoms with Gasteiger partial charge >= 0.3 is 5.63 Å². The maximum absolute atomic E-state index is 12.2. The molecule has 0 saturated heterocycles. The number of hydrazone groups is 1. The van der Waals surface area contributed by atoms with E-state index in [0.717, 1.165) is 0 Å². The van der Waals surface area contributed by atoms with Gasteiger partial charge in [-0.15, -0.1) is 0 Å². The van der Waals surface area contributed by atoms with Crippen LogP contribution in [0.5, 0.6) is 5.75 Å². The van der Waals surface area contributed by atoms with Crippen LogP contribution in [0.15, 0.2) is 61.3 Å². The predicted octanol–water partition coefficient (Wildman–Crippen LogP) is 4.01. The fourth-order valence-corrected chi connectivity index (χ4v) is 2.73. The quantitative estimate of drug-likeness (QED) is 0.286. The number of nitrogens with one attached hydrogen (secondary N) is 1. The normalized spacial score (nSPS) is 11.5. The number of anilines is 1. The van der Waals surface area contributed by atoms with Crippen molar-refractivity contribution in [2.24, 2.45) is 5.10 Å². The van der Waals surface area contributed by atoms with Crippen molar-refractivity contribution in [2.45, 2.75) is 6.92 Å². The first-order chi connectivity index (χ1) is 12.4. The lowest BCUT2D eigenvalue weighted by Crippen LogP contribution is -2.14. The highest BCUT2D eigenvalue weighted by molar-refractivity contribution is 9.10. The molecule has 0 saturated carbocycles. The van der Waals surface area contributed by atoms with E-state index in [1.807, 2.05) is 0 Å². The lowest BCUT2D eigenvalue weighted by atomic mass is 10.1. The van der Waals surface area contributed by atoms with Crippen LogP contribution in [0.1, 0.15) is 12.5 Å². The van der Waals surface area contributed by atoms with Gasteiger partial charge in [0.25, 0.3) is 5.69 Å². The van der Waals surface area contributed by atoms with Gasteiger partial charge in [-0.25, -0.2) is 4.79 Å². The Morgan fingerprint density at radius 1 is 1.31 bits per heavy atom. The monoisotopic (exact) mass is 417 g/mol. The van der Waals surface area contributed by atoms with Gasteiger partial charge in [-0.2, -0.15) is 5.10 Å². The molecule has 8 nitrogen and oxygen atoms in total. The Labute approximate surface area is 155 Å². The number of halogens is 1. The Morgan fingerprint density at radius 2 is 2.08 bits per heavy atom. The van der Waals surface area contributed by atoms with E-state index in [1.165, 1.54) is 25.1 Å². The molecule has 0 unspecified atom stereocenters. The van der Waals surface area contributed by atoms with Gasteiger partial charge < -0.3 is 9.52 Å². The van der Waals surface area contributed by atoms with Gasteiger partial charge in [-0.1, -0.05) is 22.0 Å². The Bertz CT molecular complexity index is 1110. The molecule has 132 valence electrons. The minimum atomic E-state index is -0.737. The minimum absolute atomic E-state index is 0.0893. The number of fused-ring (bicyclic) bond motifs is 1. The van der Waals surface area contributed by atoms with Crippen LogP contribution in [-0.2, 0) is 0 Å². The fourth-order valence-electron chi connectivity index (χ4n) is 2.37. The number of aromatic hydroxyl groups is 1. The third-order valence-electron chi connectivity index (χ3n) is 3.61. The number of hydrogen-bond donors (Lipinski definition) is 2. The molecule has 0 amide bonds. The highest BCUT2D eigenvalue weighted by Crippen LogP contribution is 2.29. The summed E-state index contributed by atoms with van der Waals surface area (Å²) in [7, 11) is 0. The van der Waals surface area contributed by atoms with Crippen molar-refractivity contribution in [3.05, 3.63) is 73.0 Å². The molecule has 0 aliphatic rings. The highest BCUT2D eigenvalue weighted by Gasteiger charge is 2.17. The molecule has 2 aromatic carbocycles. The van der Waals surface area contributed by atoms with Gasteiger partial charge in [0, 0.05) is 16.6 Å². The second-order valence-electron chi connectivity index (χ2n) is 5.37. The number of hydrogen-bond acceptors (Lipinski definition) is 7. The zero-order chi connectivity index (χ0) is 18.8. The molecule has 0 aliphatic heterocycles. The maximum atomic E-state index is 12.2. The van der Waals surface area contributed by atoms with Crippen molar-refractivity contribution in [1.82, 2.24) is 0 Å². The summed E-state index contributed by atoms with van der Waals surface area (Å²) in [4.78, 5) is 22.5.